The second kappa shape index (κ2) is 8.67. The van der Waals surface area contributed by atoms with Crippen LogP contribution in [-0.4, -0.2) is 17.5 Å². The summed E-state index contributed by atoms with van der Waals surface area (Å²) in [5, 5.41) is 6.18. The van der Waals surface area contributed by atoms with E-state index in [9.17, 15) is 4.79 Å². The highest BCUT2D eigenvalue weighted by Gasteiger charge is 2.11. The lowest BCUT2D eigenvalue weighted by Crippen LogP contribution is -2.15. The molecule has 0 atom stereocenters. The summed E-state index contributed by atoms with van der Waals surface area (Å²) in [6.07, 6.45) is 3.27. The van der Waals surface area contributed by atoms with Gasteiger partial charge in [0.1, 0.15) is 5.75 Å². The van der Waals surface area contributed by atoms with E-state index >= 15 is 0 Å². The van der Waals surface area contributed by atoms with Gasteiger partial charge in [0.2, 0.25) is 0 Å². The second-order valence-corrected chi connectivity index (χ2v) is 5.67. The van der Waals surface area contributed by atoms with Crippen LogP contribution in [0.4, 0.5) is 11.4 Å². The number of nitrogens with one attached hydrogen (secondary N) is 2. The Hall–Kier alpha value is -3.34. The van der Waals surface area contributed by atoms with E-state index in [-0.39, 0.29) is 5.91 Å². The van der Waals surface area contributed by atoms with Crippen molar-refractivity contribution in [2.24, 2.45) is 0 Å². The summed E-state index contributed by atoms with van der Waals surface area (Å²) in [5.41, 5.74) is 3.09. The Balaban J connectivity index is 1.69. The summed E-state index contributed by atoms with van der Waals surface area (Å²) in [4.78, 5) is 16.8. The van der Waals surface area contributed by atoms with Crippen molar-refractivity contribution in [1.82, 2.24) is 4.98 Å². The number of carbonyl (C=O) groups excluding carboxylic acids is 1. The van der Waals surface area contributed by atoms with Crippen molar-refractivity contribution in [1.29, 1.82) is 0 Å². The number of nitrogens with zero attached hydrogens (tertiary/aromatic N) is 1. The summed E-state index contributed by atoms with van der Waals surface area (Å²) in [6, 6.07) is 19.0. The molecular formula is C21H21N3O2. The van der Waals surface area contributed by atoms with Crippen LogP contribution in [0, 0.1) is 0 Å². The molecule has 5 nitrogen and oxygen atoms in total. The van der Waals surface area contributed by atoms with E-state index in [1.807, 2.05) is 61.5 Å². The van der Waals surface area contributed by atoms with Gasteiger partial charge in [-0.1, -0.05) is 30.3 Å². The largest absolute Gasteiger partial charge is 0.494 e. The number of amides is 1. The second-order valence-electron chi connectivity index (χ2n) is 5.67. The molecule has 132 valence electrons. The maximum atomic E-state index is 12.6. The van der Waals surface area contributed by atoms with Crippen molar-refractivity contribution in [3.8, 4) is 5.75 Å². The number of aromatic nitrogens is 1. The molecule has 0 fully saturated rings. The van der Waals surface area contributed by atoms with Gasteiger partial charge in [0.15, 0.2) is 0 Å². The van der Waals surface area contributed by atoms with Crippen LogP contribution in [0.3, 0.4) is 0 Å². The van der Waals surface area contributed by atoms with Gasteiger partial charge in [-0.25, -0.2) is 0 Å². The van der Waals surface area contributed by atoms with Crippen LogP contribution in [0.2, 0.25) is 0 Å². The van der Waals surface area contributed by atoms with Gasteiger partial charge in [-0.05, 0) is 42.8 Å². The highest BCUT2D eigenvalue weighted by atomic mass is 16.5. The SMILES string of the molecule is CCOc1ccc(NC(=O)c2ccncc2NCc2ccccc2)cc1. The smallest absolute Gasteiger partial charge is 0.257 e. The molecule has 1 heterocycles. The quantitative estimate of drug-likeness (QED) is 0.667. The Bertz CT molecular complexity index is 849. The number of carbonyl (C=O) groups is 1. The molecule has 3 aromatic rings. The highest BCUT2D eigenvalue weighted by molar-refractivity contribution is 6.07. The minimum atomic E-state index is -0.188. The first-order valence-electron chi connectivity index (χ1n) is 8.52. The van der Waals surface area contributed by atoms with Gasteiger partial charge in [0.05, 0.1) is 24.1 Å². The summed E-state index contributed by atoms with van der Waals surface area (Å²) in [5.74, 6) is 0.590. The first-order chi connectivity index (χ1) is 12.8. The molecule has 0 aliphatic rings. The maximum absolute atomic E-state index is 12.6. The van der Waals surface area contributed by atoms with Crippen LogP contribution < -0.4 is 15.4 Å². The Morgan fingerprint density at radius 3 is 2.54 bits per heavy atom. The molecule has 0 aliphatic carbocycles. The van der Waals surface area contributed by atoms with Crippen molar-refractivity contribution in [3.63, 3.8) is 0 Å². The maximum Gasteiger partial charge on any atom is 0.257 e. The molecule has 0 saturated heterocycles. The van der Waals surface area contributed by atoms with E-state index in [0.29, 0.717) is 30.1 Å². The van der Waals surface area contributed by atoms with Crippen molar-refractivity contribution < 1.29 is 9.53 Å². The van der Waals surface area contributed by atoms with Crippen molar-refractivity contribution in [2.75, 3.05) is 17.2 Å². The summed E-state index contributed by atoms with van der Waals surface area (Å²) in [7, 11) is 0. The van der Waals surface area contributed by atoms with E-state index in [0.717, 1.165) is 11.3 Å². The molecule has 0 bridgehead atoms. The Labute approximate surface area is 153 Å². The third-order valence-electron chi connectivity index (χ3n) is 3.81. The molecule has 1 amide bonds. The van der Waals surface area contributed by atoms with Crippen LogP contribution in [0.25, 0.3) is 0 Å². The van der Waals surface area contributed by atoms with Crippen LogP contribution in [0.5, 0.6) is 5.75 Å². The zero-order chi connectivity index (χ0) is 18.2. The lowest BCUT2D eigenvalue weighted by atomic mass is 10.2. The normalized spacial score (nSPS) is 10.2. The van der Waals surface area contributed by atoms with Gasteiger partial charge in [-0.3, -0.25) is 9.78 Å². The lowest BCUT2D eigenvalue weighted by molar-refractivity contribution is 0.102. The molecule has 0 unspecified atom stereocenters. The van der Waals surface area contributed by atoms with E-state index in [4.69, 9.17) is 4.74 Å². The molecule has 2 aromatic carbocycles. The van der Waals surface area contributed by atoms with E-state index in [1.165, 1.54) is 0 Å². The van der Waals surface area contributed by atoms with Crippen LogP contribution in [0.15, 0.2) is 73.1 Å². The number of hydrogen-bond donors (Lipinski definition) is 2. The molecule has 0 aliphatic heterocycles. The van der Waals surface area contributed by atoms with Gasteiger partial charge >= 0.3 is 0 Å². The van der Waals surface area contributed by atoms with E-state index in [1.54, 1.807) is 18.5 Å². The van der Waals surface area contributed by atoms with Gasteiger partial charge < -0.3 is 15.4 Å². The molecular weight excluding hydrogens is 326 g/mol. The Morgan fingerprint density at radius 2 is 1.81 bits per heavy atom. The fourth-order valence-corrected chi connectivity index (χ4v) is 2.53. The standard InChI is InChI=1S/C21H21N3O2/c1-2-26-18-10-8-17(9-11-18)24-21(25)19-12-13-22-15-20(19)23-14-16-6-4-3-5-7-16/h3-13,15,23H,2,14H2,1H3,(H,24,25). The molecule has 1 aromatic heterocycles. The number of rotatable bonds is 7. The zero-order valence-corrected chi connectivity index (χ0v) is 14.6. The number of ether oxygens (including phenoxy) is 1. The Morgan fingerprint density at radius 1 is 1.04 bits per heavy atom. The van der Waals surface area contributed by atoms with Crippen LogP contribution >= 0.6 is 0 Å². The molecule has 2 N–H and O–H groups in total. The number of benzene rings is 2. The van der Waals surface area contributed by atoms with Crippen molar-refractivity contribution in [2.45, 2.75) is 13.5 Å². The molecule has 3 rings (SSSR count). The number of pyridine rings is 1. The minimum absolute atomic E-state index is 0.188. The van der Waals surface area contributed by atoms with Crippen molar-refractivity contribution >= 4 is 17.3 Å². The first kappa shape index (κ1) is 17.5. The minimum Gasteiger partial charge on any atom is -0.494 e. The molecule has 5 heteroatoms. The zero-order valence-electron chi connectivity index (χ0n) is 14.6. The van der Waals surface area contributed by atoms with Gasteiger partial charge in [0, 0.05) is 18.4 Å². The van der Waals surface area contributed by atoms with E-state index in [2.05, 4.69) is 15.6 Å². The molecule has 0 radical (unpaired) electrons. The number of hydrogen-bond acceptors (Lipinski definition) is 4. The Kier molecular flexibility index (Phi) is 5.83. The first-order valence-corrected chi connectivity index (χ1v) is 8.52. The monoisotopic (exact) mass is 347 g/mol. The van der Waals surface area contributed by atoms with Gasteiger partial charge in [-0.15, -0.1) is 0 Å². The predicted molar refractivity (Wildman–Crippen MR) is 104 cm³/mol. The van der Waals surface area contributed by atoms with Gasteiger partial charge in [-0.2, -0.15) is 0 Å². The van der Waals surface area contributed by atoms with Crippen LogP contribution in [-0.2, 0) is 6.54 Å². The van der Waals surface area contributed by atoms with Crippen molar-refractivity contribution in [3.05, 3.63) is 84.2 Å². The number of anilines is 2. The molecule has 26 heavy (non-hydrogen) atoms. The molecule has 0 spiro atoms. The average molecular weight is 347 g/mol. The predicted octanol–water partition coefficient (Wildman–Crippen LogP) is 4.34. The van der Waals surface area contributed by atoms with Gasteiger partial charge in [0.25, 0.3) is 5.91 Å². The third kappa shape index (κ3) is 4.60. The molecule has 0 saturated carbocycles. The topological polar surface area (TPSA) is 63.2 Å². The fraction of sp³-hybridized carbons (Fsp3) is 0.143. The van der Waals surface area contributed by atoms with Crippen LogP contribution in [0.1, 0.15) is 22.8 Å². The average Bonchev–Trinajstić information content (AvgIpc) is 2.69. The summed E-state index contributed by atoms with van der Waals surface area (Å²) in [6.45, 7) is 3.16. The van der Waals surface area contributed by atoms with E-state index < -0.39 is 0 Å². The lowest BCUT2D eigenvalue weighted by Gasteiger charge is -2.12. The third-order valence-corrected chi connectivity index (χ3v) is 3.81. The summed E-state index contributed by atoms with van der Waals surface area (Å²) >= 11 is 0. The fourth-order valence-electron chi connectivity index (χ4n) is 2.53. The highest BCUT2D eigenvalue weighted by Crippen LogP contribution is 2.19. The summed E-state index contributed by atoms with van der Waals surface area (Å²) < 4.78 is 5.41.